The van der Waals surface area contributed by atoms with Crippen molar-refractivity contribution in [2.24, 2.45) is 0 Å². The fourth-order valence-electron chi connectivity index (χ4n) is 3.75. The van der Waals surface area contributed by atoms with E-state index in [1.54, 1.807) is 11.6 Å². The van der Waals surface area contributed by atoms with E-state index in [1.165, 1.54) is 23.5 Å². The van der Waals surface area contributed by atoms with Crippen molar-refractivity contribution < 1.29 is 18.0 Å². The Kier molecular flexibility index (Phi) is 7.47. The Morgan fingerprint density at radius 2 is 1.82 bits per heavy atom. The summed E-state index contributed by atoms with van der Waals surface area (Å²) in [5.41, 5.74) is 1.38. The number of alkyl halides is 3. The van der Waals surface area contributed by atoms with Gasteiger partial charge < -0.3 is 15.1 Å². The van der Waals surface area contributed by atoms with E-state index in [0.717, 1.165) is 56.2 Å². The van der Waals surface area contributed by atoms with E-state index in [4.69, 9.17) is 0 Å². The maximum absolute atomic E-state index is 12.7. The van der Waals surface area contributed by atoms with Crippen LogP contribution in [0, 0.1) is 0 Å². The molecule has 10 heteroatoms. The normalized spacial score (nSPS) is 14.9. The van der Waals surface area contributed by atoms with Crippen molar-refractivity contribution in [3.63, 3.8) is 0 Å². The number of nitrogens with zero attached hydrogens (tertiary/aromatic N) is 4. The number of thiazole rings is 1. The highest BCUT2D eigenvalue weighted by Gasteiger charge is 2.30. The SMILES string of the molecule is CCN1CCN(c2ccc(CNC(=O)Cc3csc(-c4ccc(C(F)(F)F)cc4)n3)cn2)CC1. The van der Waals surface area contributed by atoms with E-state index in [1.807, 2.05) is 12.1 Å². The first kappa shape index (κ1) is 24.2. The number of hydrogen-bond acceptors (Lipinski definition) is 6. The van der Waals surface area contributed by atoms with Crippen LogP contribution in [-0.4, -0.2) is 53.5 Å². The van der Waals surface area contributed by atoms with Crippen LogP contribution in [0.2, 0.25) is 0 Å². The summed E-state index contributed by atoms with van der Waals surface area (Å²) in [6, 6.07) is 8.82. The highest BCUT2D eigenvalue weighted by atomic mass is 32.1. The quantitative estimate of drug-likeness (QED) is 0.539. The smallest absolute Gasteiger partial charge is 0.354 e. The molecule has 0 atom stereocenters. The van der Waals surface area contributed by atoms with Crippen LogP contribution in [-0.2, 0) is 23.9 Å². The van der Waals surface area contributed by atoms with Crippen molar-refractivity contribution in [3.8, 4) is 10.6 Å². The molecule has 6 nitrogen and oxygen atoms in total. The Balaban J connectivity index is 1.26. The molecule has 180 valence electrons. The highest BCUT2D eigenvalue weighted by Crippen LogP contribution is 2.31. The molecule has 1 aromatic carbocycles. The number of carbonyl (C=O) groups excluding carboxylic acids is 1. The zero-order valence-electron chi connectivity index (χ0n) is 18.8. The van der Waals surface area contributed by atoms with Crippen LogP contribution in [0.5, 0.6) is 0 Å². The van der Waals surface area contributed by atoms with Gasteiger partial charge in [-0.3, -0.25) is 4.79 Å². The summed E-state index contributed by atoms with van der Waals surface area (Å²) in [4.78, 5) is 26.0. The van der Waals surface area contributed by atoms with Crippen molar-refractivity contribution in [2.75, 3.05) is 37.6 Å². The maximum Gasteiger partial charge on any atom is 0.416 e. The molecular weight excluding hydrogens is 463 g/mol. The average Bonchev–Trinajstić information content (AvgIpc) is 3.31. The van der Waals surface area contributed by atoms with E-state index in [2.05, 4.69) is 32.0 Å². The van der Waals surface area contributed by atoms with Crippen LogP contribution in [0.15, 0.2) is 48.0 Å². The fraction of sp³-hybridized carbons (Fsp3) is 0.375. The number of halogens is 3. The average molecular weight is 490 g/mol. The van der Waals surface area contributed by atoms with Crippen molar-refractivity contribution in [1.29, 1.82) is 0 Å². The molecule has 1 amide bonds. The molecule has 1 fully saturated rings. The second-order valence-corrected chi connectivity index (χ2v) is 8.98. The molecule has 0 bridgehead atoms. The van der Waals surface area contributed by atoms with E-state index in [0.29, 0.717) is 22.8 Å². The summed E-state index contributed by atoms with van der Waals surface area (Å²) in [5, 5.41) is 5.20. The predicted octanol–water partition coefficient (Wildman–Crippen LogP) is 4.22. The molecule has 3 heterocycles. The molecule has 4 rings (SSSR count). The molecule has 0 aliphatic carbocycles. The maximum atomic E-state index is 12.7. The number of hydrogen-bond donors (Lipinski definition) is 1. The number of carbonyl (C=O) groups is 1. The van der Waals surface area contributed by atoms with Crippen LogP contribution in [0.4, 0.5) is 19.0 Å². The summed E-state index contributed by atoms with van der Waals surface area (Å²) in [7, 11) is 0. The lowest BCUT2D eigenvalue weighted by atomic mass is 10.1. The third-order valence-electron chi connectivity index (χ3n) is 5.79. The van der Waals surface area contributed by atoms with Gasteiger partial charge in [0.2, 0.25) is 5.91 Å². The van der Waals surface area contributed by atoms with Gasteiger partial charge >= 0.3 is 6.18 Å². The van der Waals surface area contributed by atoms with Gasteiger partial charge in [0.25, 0.3) is 0 Å². The van der Waals surface area contributed by atoms with E-state index >= 15 is 0 Å². The molecule has 0 unspecified atom stereocenters. The lowest BCUT2D eigenvalue weighted by molar-refractivity contribution is -0.137. The highest BCUT2D eigenvalue weighted by molar-refractivity contribution is 7.13. The number of anilines is 1. The Hall–Kier alpha value is -2.98. The molecule has 1 N–H and O–H groups in total. The summed E-state index contributed by atoms with van der Waals surface area (Å²) >= 11 is 1.30. The number of rotatable bonds is 7. The van der Waals surface area contributed by atoms with Crippen molar-refractivity contribution in [3.05, 3.63) is 64.8 Å². The number of nitrogens with one attached hydrogen (secondary N) is 1. The summed E-state index contributed by atoms with van der Waals surface area (Å²) in [6.07, 6.45) is -2.48. The van der Waals surface area contributed by atoms with Gasteiger partial charge in [0.05, 0.1) is 17.7 Å². The minimum Gasteiger partial charge on any atom is -0.354 e. The summed E-state index contributed by atoms with van der Waals surface area (Å²) in [5.74, 6) is 0.771. The number of amides is 1. The first-order valence-corrected chi connectivity index (χ1v) is 12.0. The van der Waals surface area contributed by atoms with Crippen LogP contribution < -0.4 is 10.2 Å². The molecular formula is C24H26F3N5OS. The minimum absolute atomic E-state index is 0.102. The number of pyridine rings is 1. The second kappa shape index (κ2) is 10.5. The minimum atomic E-state index is -4.37. The fourth-order valence-corrected chi connectivity index (χ4v) is 4.58. The van der Waals surface area contributed by atoms with Gasteiger partial charge in [0.1, 0.15) is 10.8 Å². The number of benzene rings is 1. The van der Waals surface area contributed by atoms with Gasteiger partial charge in [-0.25, -0.2) is 9.97 Å². The standard InChI is InChI=1S/C24H26F3N5OS/c1-2-31-9-11-32(12-10-31)21-8-3-17(14-28-21)15-29-22(33)13-20-16-34-23(30-20)18-4-6-19(7-5-18)24(25,26)27/h3-8,14,16H,2,9-13,15H2,1H3,(H,29,33). The zero-order chi connectivity index (χ0) is 24.1. The molecule has 0 radical (unpaired) electrons. The number of piperazine rings is 1. The topological polar surface area (TPSA) is 61.4 Å². The van der Waals surface area contributed by atoms with Crippen LogP contribution in [0.25, 0.3) is 10.6 Å². The van der Waals surface area contributed by atoms with Crippen molar-refractivity contribution in [1.82, 2.24) is 20.2 Å². The Morgan fingerprint density at radius 3 is 2.44 bits per heavy atom. The van der Waals surface area contributed by atoms with Gasteiger partial charge in [-0.15, -0.1) is 11.3 Å². The third kappa shape index (κ3) is 6.12. The largest absolute Gasteiger partial charge is 0.416 e. The molecule has 1 saturated heterocycles. The van der Waals surface area contributed by atoms with Crippen LogP contribution in [0.3, 0.4) is 0 Å². The van der Waals surface area contributed by atoms with Gasteiger partial charge in [0, 0.05) is 49.9 Å². The van der Waals surface area contributed by atoms with Gasteiger partial charge in [-0.1, -0.05) is 25.1 Å². The van der Waals surface area contributed by atoms with E-state index in [9.17, 15) is 18.0 Å². The molecule has 1 aliphatic heterocycles. The first-order chi connectivity index (χ1) is 16.3. The second-order valence-electron chi connectivity index (χ2n) is 8.12. The monoisotopic (exact) mass is 489 g/mol. The summed E-state index contributed by atoms with van der Waals surface area (Å²) < 4.78 is 38.2. The summed E-state index contributed by atoms with van der Waals surface area (Å²) in [6.45, 7) is 7.59. The first-order valence-electron chi connectivity index (χ1n) is 11.1. The lowest BCUT2D eigenvalue weighted by Gasteiger charge is -2.34. The molecule has 34 heavy (non-hydrogen) atoms. The van der Waals surface area contributed by atoms with Gasteiger partial charge in [0.15, 0.2) is 0 Å². The molecule has 3 aromatic rings. The van der Waals surface area contributed by atoms with Crippen molar-refractivity contribution >= 4 is 23.1 Å². The van der Waals surface area contributed by atoms with Crippen molar-refractivity contribution in [2.45, 2.75) is 26.1 Å². The third-order valence-corrected chi connectivity index (χ3v) is 6.74. The van der Waals surface area contributed by atoms with Gasteiger partial charge in [-0.05, 0) is 30.3 Å². The lowest BCUT2D eigenvalue weighted by Crippen LogP contribution is -2.46. The molecule has 0 saturated carbocycles. The van der Waals surface area contributed by atoms with Gasteiger partial charge in [-0.2, -0.15) is 13.2 Å². The van der Waals surface area contributed by atoms with E-state index < -0.39 is 11.7 Å². The molecule has 2 aromatic heterocycles. The molecule has 1 aliphatic rings. The number of aromatic nitrogens is 2. The number of likely N-dealkylation sites (N-methyl/N-ethyl adjacent to an activating group) is 1. The zero-order valence-corrected chi connectivity index (χ0v) is 19.6. The molecule has 0 spiro atoms. The Bertz CT molecular complexity index is 1090. The van der Waals surface area contributed by atoms with Crippen LogP contribution in [0.1, 0.15) is 23.7 Å². The van der Waals surface area contributed by atoms with E-state index in [-0.39, 0.29) is 12.3 Å². The Labute approximate surface area is 200 Å². The predicted molar refractivity (Wildman–Crippen MR) is 127 cm³/mol. The Morgan fingerprint density at radius 1 is 1.09 bits per heavy atom. The van der Waals surface area contributed by atoms with Crippen LogP contribution >= 0.6 is 11.3 Å².